The van der Waals surface area contributed by atoms with Crippen LogP contribution >= 0.6 is 0 Å². The molecule has 1 saturated heterocycles. The van der Waals surface area contributed by atoms with Crippen molar-refractivity contribution in [1.82, 2.24) is 14.7 Å². The van der Waals surface area contributed by atoms with Crippen molar-refractivity contribution in [2.75, 3.05) is 13.1 Å². The molecule has 1 atom stereocenters. The van der Waals surface area contributed by atoms with E-state index >= 15 is 0 Å². The van der Waals surface area contributed by atoms with E-state index in [4.69, 9.17) is 0 Å². The lowest BCUT2D eigenvalue weighted by Gasteiger charge is -2.16. The highest BCUT2D eigenvalue weighted by molar-refractivity contribution is 5.14. The van der Waals surface area contributed by atoms with E-state index in [0.717, 1.165) is 13.1 Å². The summed E-state index contributed by atoms with van der Waals surface area (Å²) in [5.74, 6) is 0. The Bertz CT molecular complexity index is 503. The largest absolute Gasteiger partial charge is 0.297 e. The molecular formula is C15H19N3. The summed E-state index contributed by atoms with van der Waals surface area (Å²) >= 11 is 0. The zero-order valence-corrected chi connectivity index (χ0v) is 10.8. The van der Waals surface area contributed by atoms with Crippen molar-refractivity contribution in [3.05, 3.63) is 53.9 Å². The van der Waals surface area contributed by atoms with Crippen molar-refractivity contribution in [3.8, 4) is 0 Å². The molecule has 18 heavy (non-hydrogen) atoms. The highest BCUT2D eigenvalue weighted by atomic mass is 15.3. The van der Waals surface area contributed by atoms with E-state index in [1.165, 1.54) is 24.1 Å². The number of benzene rings is 1. The lowest BCUT2D eigenvalue weighted by Crippen LogP contribution is -2.21. The Labute approximate surface area is 108 Å². The number of aryl methyl sites for hydroxylation is 1. The van der Waals surface area contributed by atoms with Crippen LogP contribution in [0.5, 0.6) is 0 Å². The van der Waals surface area contributed by atoms with Crippen LogP contribution < -0.4 is 0 Å². The van der Waals surface area contributed by atoms with Crippen molar-refractivity contribution in [3.63, 3.8) is 0 Å². The minimum absolute atomic E-state index is 0.544. The Morgan fingerprint density at radius 2 is 2.11 bits per heavy atom. The summed E-state index contributed by atoms with van der Waals surface area (Å²) in [7, 11) is 0. The Morgan fingerprint density at radius 3 is 2.83 bits per heavy atom. The Balaban J connectivity index is 1.62. The highest BCUT2D eigenvalue weighted by Gasteiger charge is 2.24. The number of rotatable bonds is 3. The smallest absolute Gasteiger partial charge is 0.0658 e. The molecule has 0 N–H and O–H groups in total. The molecule has 1 aliphatic rings. The van der Waals surface area contributed by atoms with Crippen LogP contribution in [0.15, 0.2) is 42.7 Å². The molecule has 1 aromatic carbocycles. The number of likely N-dealkylation sites (tertiary alicyclic amines) is 1. The second-order valence-electron chi connectivity index (χ2n) is 5.16. The van der Waals surface area contributed by atoms with Gasteiger partial charge in [-0.2, -0.15) is 5.10 Å². The highest BCUT2D eigenvalue weighted by Crippen LogP contribution is 2.22. The molecule has 0 bridgehead atoms. The van der Waals surface area contributed by atoms with Crippen LogP contribution in [0.1, 0.15) is 23.6 Å². The molecule has 3 rings (SSSR count). The maximum atomic E-state index is 4.43. The minimum Gasteiger partial charge on any atom is -0.297 e. The average Bonchev–Trinajstić information content (AvgIpc) is 2.99. The topological polar surface area (TPSA) is 21.1 Å². The zero-order valence-electron chi connectivity index (χ0n) is 10.8. The molecule has 0 aliphatic carbocycles. The average molecular weight is 241 g/mol. The van der Waals surface area contributed by atoms with E-state index < -0.39 is 0 Å². The lowest BCUT2D eigenvalue weighted by molar-refractivity contribution is 0.311. The van der Waals surface area contributed by atoms with Gasteiger partial charge in [-0.3, -0.25) is 9.58 Å². The van der Waals surface area contributed by atoms with Crippen molar-refractivity contribution in [2.24, 2.45) is 0 Å². The maximum absolute atomic E-state index is 4.43. The summed E-state index contributed by atoms with van der Waals surface area (Å²) in [5, 5.41) is 4.43. The first-order valence-electron chi connectivity index (χ1n) is 6.58. The first-order chi connectivity index (χ1) is 8.81. The van der Waals surface area contributed by atoms with Gasteiger partial charge >= 0.3 is 0 Å². The summed E-state index contributed by atoms with van der Waals surface area (Å²) in [5.41, 5.74) is 2.64. The van der Waals surface area contributed by atoms with Gasteiger partial charge in [-0.25, -0.2) is 0 Å². The van der Waals surface area contributed by atoms with Crippen molar-refractivity contribution >= 4 is 0 Å². The standard InChI is InChI=1S/C15H19N3/c1-13-9-16-18(10-13)15-7-8-17(12-15)11-14-5-3-2-4-6-14/h2-6,9-10,15H,7-8,11-12H2,1H3. The Morgan fingerprint density at radius 1 is 1.28 bits per heavy atom. The van der Waals surface area contributed by atoms with Crippen LogP contribution in [0, 0.1) is 6.92 Å². The van der Waals surface area contributed by atoms with Crippen molar-refractivity contribution < 1.29 is 0 Å². The summed E-state index contributed by atoms with van der Waals surface area (Å²) < 4.78 is 2.13. The number of hydrogen-bond donors (Lipinski definition) is 0. The second-order valence-corrected chi connectivity index (χ2v) is 5.16. The maximum Gasteiger partial charge on any atom is 0.0658 e. The van der Waals surface area contributed by atoms with Crippen LogP contribution in [0.3, 0.4) is 0 Å². The zero-order chi connectivity index (χ0) is 12.4. The fourth-order valence-corrected chi connectivity index (χ4v) is 2.65. The van der Waals surface area contributed by atoms with Crippen LogP contribution in [0.25, 0.3) is 0 Å². The predicted molar refractivity (Wildman–Crippen MR) is 72.3 cm³/mol. The van der Waals surface area contributed by atoms with Gasteiger partial charge in [0.2, 0.25) is 0 Å². The van der Waals surface area contributed by atoms with Gasteiger partial charge in [0.1, 0.15) is 0 Å². The quantitative estimate of drug-likeness (QED) is 0.823. The molecule has 0 amide bonds. The third kappa shape index (κ3) is 2.46. The molecule has 1 fully saturated rings. The molecular weight excluding hydrogens is 222 g/mol. The molecule has 0 saturated carbocycles. The van der Waals surface area contributed by atoms with E-state index in [2.05, 4.69) is 58.1 Å². The Kier molecular flexibility index (Phi) is 3.15. The van der Waals surface area contributed by atoms with E-state index in [9.17, 15) is 0 Å². The van der Waals surface area contributed by atoms with Gasteiger partial charge in [0.15, 0.2) is 0 Å². The van der Waals surface area contributed by atoms with Crippen LogP contribution in [-0.2, 0) is 6.54 Å². The van der Waals surface area contributed by atoms with Gasteiger partial charge in [0, 0.05) is 25.8 Å². The summed E-state index contributed by atoms with van der Waals surface area (Å²) in [6, 6.07) is 11.2. The van der Waals surface area contributed by atoms with Gasteiger partial charge in [-0.05, 0) is 24.5 Å². The van der Waals surface area contributed by atoms with E-state index in [-0.39, 0.29) is 0 Å². The van der Waals surface area contributed by atoms with Gasteiger partial charge in [-0.15, -0.1) is 0 Å². The molecule has 1 unspecified atom stereocenters. The first-order valence-corrected chi connectivity index (χ1v) is 6.58. The van der Waals surface area contributed by atoms with Gasteiger partial charge in [-0.1, -0.05) is 30.3 Å². The first kappa shape index (κ1) is 11.5. The minimum atomic E-state index is 0.544. The summed E-state index contributed by atoms with van der Waals surface area (Å²) in [6.07, 6.45) is 5.30. The normalized spacial score (nSPS) is 20.4. The SMILES string of the molecule is Cc1cnn(C2CCN(Cc3ccccc3)C2)c1. The van der Waals surface area contributed by atoms with Crippen molar-refractivity contribution in [1.29, 1.82) is 0 Å². The predicted octanol–water partition coefficient (Wildman–Crippen LogP) is 2.64. The molecule has 0 radical (unpaired) electrons. The third-order valence-corrected chi connectivity index (χ3v) is 3.60. The number of nitrogens with zero attached hydrogens (tertiary/aromatic N) is 3. The second kappa shape index (κ2) is 4.94. The van der Waals surface area contributed by atoms with E-state index in [1.54, 1.807) is 0 Å². The Hall–Kier alpha value is -1.61. The summed E-state index contributed by atoms with van der Waals surface area (Å²) in [4.78, 5) is 2.51. The summed E-state index contributed by atoms with van der Waals surface area (Å²) in [6.45, 7) is 5.42. The third-order valence-electron chi connectivity index (χ3n) is 3.60. The van der Waals surface area contributed by atoms with E-state index in [0.29, 0.717) is 6.04 Å². The molecule has 1 aliphatic heterocycles. The van der Waals surface area contributed by atoms with Crippen LogP contribution in [-0.4, -0.2) is 27.8 Å². The molecule has 3 heteroatoms. The molecule has 0 spiro atoms. The fourth-order valence-electron chi connectivity index (χ4n) is 2.65. The number of aromatic nitrogens is 2. The molecule has 2 heterocycles. The van der Waals surface area contributed by atoms with Crippen LogP contribution in [0.4, 0.5) is 0 Å². The van der Waals surface area contributed by atoms with Gasteiger partial charge in [0.25, 0.3) is 0 Å². The molecule has 94 valence electrons. The fraction of sp³-hybridized carbons (Fsp3) is 0.400. The molecule has 2 aromatic rings. The molecule has 3 nitrogen and oxygen atoms in total. The van der Waals surface area contributed by atoms with E-state index in [1.807, 2.05) is 6.20 Å². The lowest BCUT2D eigenvalue weighted by atomic mass is 10.2. The molecule has 1 aromatic heterocycles. The van der Waals surface area contributed by atoms with Crippen LogP contribution in [0.2, 0.25) is 0 Å². The van der Waals surface area contributed by atoms with Gasteiger partial charge < -0.3 is 0 Å². The monoisotopic (exact) mass is 241 g/mol. The number of hydrogen-bond acceptors (Lipinski definition) is 2. The van der Waals surface area contributed by atoms with Gasteiger partial charge in [0.05, 0.1) is 12.2 Å². The van der Waals surface area contributed by atoms with Crippen molar-refractivity contribution in [2.45, 2.75) is 25.9 Å².